The zero-order valence-corrected chi connectivity index (χ0v) is 16.1. The standard InChI is InChI=1S/C21H17F4N5O/c22-13-3-1-11(2-4-13)15-9-14(21(23,24)25)18-19(27-15)29-30-16(10-17(31)28-20(18)30)12-5-7-26-8-6-12/h1-4,9-10,12,26H,5-8H2,(H,28,31). The summed E-state index contributed by atoms with van der Waals surface area (Å²) in [5.74, 6) is -0.510. The molecule has 4 heterocycles. The number of piperidine rings is 1. The van der Waals surface area contributed by atoms with Crippen LogP contribution in [0.25, 0.3) is 27.9 Å². The maximum atomic E-state index is 14.0. The molecule has 0 bridgehead atoms. The van der Waals surface area contributed by atoms with E-state index in [0.717, 1.165) is 44.1 Å². The first-order valence-corrected chi connectivity index (χ1v) is 9.82. The number of hydrogen-bond acceptors (Lipinski definition) is 4. The SMILES string of the molecule is O=c1cc(C2CCNCC2)n2nc3nc(-c4ccc(F)cc4)cc(C(F)(F)F)c3c2[nH]1. The van der Waals surface area contributed by atoms with Gasteiger partial charge in [0.2, 0.25) is 0 Å². The zero-order valence-electron chi connectivity index (χ0n) is 16.1. The highest BCUT2D eigenvalue weighted by Gasteiger charge is 2.36. The maximum absolute atomic E-state index is 14.0. The average Bonchev–Trinajstić information content (AvgIpc) is 3.11. The Morgan fingerprint density at radius 3 is 2.45 bits per heavy atom. The number of hydrogen-bond donors (Lipinski definition) is 2. The van der Waals surface area contributed by atoms with Crippen molar-refractivity contribution < 1.29 is 17.6 Å². The summed E-state index contributed by atoms with van der Waals surface area (Å²) in [5.41, 5.74) is -0.683. The van der Waals surface area contributed by atoms with Gasteiger partial charge in [-0.15, -0.1) is 5.10 Å². The van der Waals surface area contributed by atoms with Gasteiger partial charge in [-0.1, -0.05) is 0 Å². The number of aromatic nitrogens is 4. The van der Waals surface area contributed by atoms with Crippen LogP contribution >= 0.6 is 0 Å². The van der Waals surface area contributed by atoms with Gasteiger partial charge in [-0.2, -0.15) is 13.2 Å². The molecule has 1 aliphatic heterocycles. The molecule has 1 aromatic carbocycles. The lowest BCUT2D eigenvalue weighted by atomic mass is 9.94. The van der Waals surface area contributed by atoms with Crippen LogP contribution in [0.1, 0.15) is 30.0 Å². The van der Waals surface area contributed by atoms with E-state index in [-0.39, 0.29) is 28.3 Å². The van der Waals surface area contributed by atoms with Crippen molar-refractivity contribution in [3.05, 3.63) is 63.8 Å². The number of pyridine rings is 1. The molecule has 2 N–H and O–H groups in total. The van der Waals surface area contributed by atoms with Gasteiger partial charge >= 0.3 is 6.18 Å². The van der Waals surface area contributed by atoms with Gasteiger partial charge in [0, 0.05) is 17.5 Å². The van der Waals surface area contributed by atoms with Crippen LogP contribution in [-0.2, 0) is 6.18 Å². The summed E-state index contributed by atoms with van der Waals surface area (Å²) in [6.07, 6.45) is -3.22. The summed E-state index contributed by atoms with van der Waals surface area (Å²) in [6, 6.07) is 7.34. The van der Waals surface area contributed by atoms with Crippen molar-refractivity contribution in [2.24, 2.45) is 0 Å². The van der Waals surface area contributed by atoms with Crippen LogP contribution in [0.15, 0.2) is 41.2 Å². The number of nitrogens with zero attached hydrogens (tertiary/aromatic N) is 3. The molecule has 0 saturated carbocycles. The number of alkyl halides is 3. The first-order valence-electron chi connectivity index (χ1n) is 9.82. The summed E-state index contributed by atoms with van der Waals surface area (Å²) in [6.45, 7) is 1.50. The quantitative estimate of drug-likeness (QED) is 0.473. The normalized spacial score (nSPS) is 15.7. The minimum Gasteiger partial charge on any atom is -0.317 e. The fourth-order valence-corrected chi connectivity index (χ4v) is 4.14. The van der Waals surface area contributed by atoms with E-state index in [1.54, 1.807) is 0 Å². The summed E-state index contributed by atoms with van der Waals surface area (Å²) in [5, 5.41) is 7.32. The first-order chi connectivity index (χ1) is 14.8. The molecule has 3 aromatic heterocycles. The predicted octanol–water partition coefficient (Wildman–Crippen LogP) is 3.86. The third kappa shape index (κ3) is 3.46. The molecule has 5 rings (SSSR count). The van der Waals surface area contributed by atoms with Gasteiger partial charge in [0.25, 0.3) is 5.56 Å². The van der Waals surface area contributed by atoms with Crippen molar-refractivity contribution in [3.8, 4) is 11.3 Å². The van der Waals surface area contributed by atoms with Gasteiger partial charge in [0.05, 0.1) is 22.3 Å². The summed E-state index contributed by atoms with van der Waals surface area (Å²) in [7, 11) is 0. The predicted molar refractivity (Wildman–Crippen MR) is 106 cm³/mol. The van der Waals surface area contributed by atoms with E-state index >= 15 is 0 Å². The molecule has 31 heavy (non-hydrogen) atoms. The molecule has 1 saturated heterocycles. The number of benzene rings is 1. The lowest BCUT2D eigenvalue weighted by Crippen LogP contribution is -2.28. The Hall–Kier alpha value is -3.27. The van der Waals surface area contributed by atoms with E-state index in [4.69, 9.17) is 0 Å². The summed E-state index contributed by atoms with van der Waals surface area (Å²) in [4.78, 5) is 19.1. The van der Waals surface area contributed by atoms with E-state index < -0.39 is 23.1 Å². The Morgan fingerprint density at radius 2 is 1.77 bits per heavy atom. The molecular formula is C21H17F4N5O. The average molecular weight is 431 g/mol. The van der Waals surface area contributed by atoms with E-state index in [2.05, 4.69) is 20.4 Å². The van der Waals surface area contributed by atoms with Crippen LogP contribution in [0.2, 0.25) is 0 Å². The zero-order chi connectivity index (χ0) is 21.8. The molecule has 0 radical (unpaired) electrons. The topological polar surface area (TPSA) is 75.1 Å². The smallest absolute Gasteiger partial charge is 0.317 e. The van der Waals surface area contributed by atoms with Gasteiger partial charge in [-0.05, 0) is 56.3 Å². The summed E-state index contributed by atoms with van der Waals surface area (Å²) >= 11 is 0. The van der Waals surface area contributed by atoms with Crippen molar-refractivity contribution in [1.82, 2.24) is 24.9 Å². The number of halogens is 4. The number of fused-ring (bicyclic) bond motifs is 3. The Labute approximate surface area is 172 Å². The second-order valence-electron chi connectivity index (χ2n) is 7.60. The molecular weight excluding hydrogens is 414 g/mol. The highest BCUT2D eigenvalue weighted by Crippen LogP contribution is 2.38. The van der Waals surface area contributed by atoms with Crippen molar-refractivity contribution in [2.45, 2.75) is 24.9 Å². The molecule has 160 valence electrons. The molecule has 4 aromatic rings. The lowest BCUT2D eigenvalue weighted by molar-refractivity contribution is -0.136. The highest BCUT2D eigenvalue weighted by atomic mass is 19.4. The number of rotatable bonds is 2. The van der Waals surface area contributed by atoms with E-state index in [9.17, 15) is 22.4 Å². The van der Waals surface area contributed by atoms with Crippen LogP contribution < -0.4 is 10.9 Å². The minimum atomic E-state index is -4.71. The highest BCUT2D eigenvalue weighted by molar-refractivity contribution is 5.94. The van der Waals surface area contributed by atoms with Crippen LogP contribution in [0.3, 0.4) is 0 Å². The fourth-order valence-electron chi connectivity index (χ4n) is 4.14. The largest absolute Gasteiger partial charge is 0.417 e. The van der Waals surface area contributed by atoms with Crippen molar-refractivity contribution >= 4 is 16.7 Å². The molecule has 0 atom stereocenters. The first kappa shape index (κ1) is 19.7. The summed E-state index contributed by atoms with van der Waals surface area (Å²) < 4.78 is 56.7. The van der Waals surface area contributed by atoms with Gasteiger partial charge < -0.3 is 10.3 Å². The van der Waals surface area contributed by atoms with Gasteiger partial charge in [-0.3, -0.25) is 4.79 Å². The second-order valence-corrected chi connectivity index (χ2v) is 7.60. The molecule has 1 fully saturated rings. The van der Waals surface area contributed by atoms with Crippen LogP contribution in [0, 0.1) is 5.82 Å². The molecule has 1 aliphatic rings. The van der Waals surface area contributed by atoms with Crippen LogP contribution in [-0.4, -0.2) is 32.7 Å². The van der Waals surface area contributed by atoms with Gasteiger partial charge in [0.1, 0.15) is 11.5 Å². The van der Waals surface area contributed by atoms with E-state index in [0.29, 0.717) is 11.3 Å². The third-order valence-corrected chi connectivity index (χ3v) is 5.61. The van der Waals surface area contributed by atoms with E-state index in [1.165, 1.54) is 22.7 Å². The Morgan fingerprint density at radius 1 is 1.06 bits per heavy atom. The third-order valence-electron chi connectivity index (χ3n) is 5.61. The lowest BCUT2D eigenvalue weighted by Gasteiger charge is -2.23. The van der Waals surface area contributed by atoms with E-state index in [1.807, 2.05) is 0 Å². The van der Waals surface area contributed by atoms with Gasteiger partial charge in [0.15, 0.2) is 5.65 Å². The molecule has 0 aliphatic carbocycles. The minimum absolute atomic E-state index is 0.00809. The number of H-pyrrole nitrogens is 1. The van der Waals surface area contributed by atoms with Crippen molar-refractivity contribution in [2.75, 3.05) is 13.1 Å². The van der Waals surface area contributed by atoms with Crippen molar-refractivity contribution in [3.63, 3.8) is 0 Å². The number of nitrogens with one attached hydrogen (secondary N) is 2. The van der Waals surface area contributed by atoms with Crippen LogP contribution in [0.4, 0.5) is 17.6 Å². The molecule has 0 unspecified atom stereocenters. The Balaban J connectivity index is 1.82. The molecule has 6 nitrogen and oxygen atoms in total. The molecule has 0 amide bonds. The number of aromatic amines is 1. The van der Waals surface area contributed by atoms with Crippen molar-refractivity contribution in [1.29, 1.82) is 0 Å². The maximum Gasteiger partial charge on any atom is 0.417 e. The second kappa shape index (κ2) is 7.16. The molecule has 0 spiro atoms. The van der Waals surface area contributed by atoms with Crippen LogP contribution in [0.5, 0.6) is 0 Å². The van der Waals surface area contributed by atoms with Gasteiger partial charge in [-0.25, -0.2) is 13.9 Å². The fraction of sp³-hybridized carbons (Fsp3) is 0.286. The molecule has 10 heteroatoms. The monoisotopic (exact) mass is 431 g/mol. The Bertz CT molecular complexity index is 1330. The Kier molecular flexibility index (Phi) is 4.54.